The molecular weight excluding hydrogens is 360 g/mol. The first-order valence-corrected chi connectivity index (χ1v) is 8.92. The van der Waals surface area contributed by atoms with Crippen molar-refractivity contribution < 1.29 is 9.90 Å². The molecule has 0 unspecified atom stereocenters. The van der Waals surface area contributed by atoms with Crippen molar-refractivity contribution in [2.75, 3.05) is 7.05 Å². The number of aromatic carboxylic acids is 1. The van der Waals surface area contributed by atoms with E-state index >= 15 is 0 Å². The Bertz CT molecular complexity index is 985. The predicted molar refractivity (Wildman–Crippen MR) is 106 cm³/mol. The van der Waals surface area contributed by atoms with Gasteiger partial charge in [-0.2, -0.15) is 0 Å². The summed E-state index contributed by atoms with van der Waals surface area (Å²) in [5.74, 6) is -0.936. The molecule has 0 radical (unpaired) electrons. The molecule has 0 aliphatic carbocycles. The maximum atomic E-state index is 11.1. The number of carboxylic acid groups (broad SMARTS) is 1. The number of thiocarbonyl (C=S) groups is 1. The smallest absolute Gasteiger partial charge is 0.335 e. The number of pyridine rings is 1. The normalized spacial score (nSPS) is 19.1. The first-order chi connectivity index (χ1) is 13.1. The molecule has 2 N–H and O–H groups in total. The Morgan fingerprint density at radius 3 is 2.59 bits per heavy atom. The van der Waals surface area contributed by atoms with Gasteiger partial charge in [0.05, 0.1) is 23.3 Å². The summed E-state index contributed by atoms with van der Waals surface area (Å²) in [6.45, 7) is 0. The van der Waals surface area contributed by atoms with Crippen LogP contribution in [0.25, 0.3) is 5.69 Å². The first-order valence-electron chi connectivity index (χ1n) is 8.51. The third-order valence-electron chi connectivity index (χ3n) is 4.81. The molecule has 3 aromatic rings. The van der Waals surface area contributed by atoms with Gasteiger partial charge in [0.2, 0.25) is 0 Å². The van der Waals surface area contributed by atoms with Gasteiger partial charge >= 0.3 is 5.97 Å². The van der Waals surface area contributed by atoms with Crippen LogP contribution < -0.4 is 5.32 Å². The lowest BCUT2D eigenvalue weighted by Crippen LogP contribution is -2.25. The zero-order chi connectivity index (χ0) is 19.0. The Labute approximate surface area is 162 Å². The van der Waals surface area contributed by atoms with Gasteiger partial charge in [-0.3, -0.25) is 4.98 Å². The van der Waals surface area contributed by atoms with Crippen molar-refractivity contribution in [3.8, 4) is 5.69 Å². The first kappa shape index (κ1) is 17.2. The van der Waals surface area contributed by atoms with E-state index < -0.39 is 5.97 Å². The molecule has 1 saturated heterocycles. The molecule has 136 valence electrons. The molecule has 0 spiro atoms. The van der Waals surface area contributed by atoms with Gasteiger partial charge in [-0.25, -0.2) is 4.79 Å². The van der Waals surface area contributed by atoms with Crippen LogP contribution in [0, 0.1) is 0 Å². The molecule has 2 atom stereocenters. The molecule has 1 aromatic carbocycles. The van der Waals surface area contributed by atoms with E-state index in [0.717, 1.165) is 17.1 Å². The number of rotatable bonds is 4. The van der Waals surface area contributed by atoms with Crippen molar-refractivity contribution in [3.05, 3.63) is 83.9 Å². The zero-order valence-electron chi connectivity index (χ0n) is 14.6. The molecule has 7 heteroatoms. The van der Waals surface area contributed by atoms with Gasteiger partial charge < -0.3 is 19.9 Å². The number of nitrogens with zero attached hydrogens (tertiary/aromatic N) is 3. The summed E-state index contributed by atoms with van der Waals surface area (Å²) in [5, 5.41) is 13.2. The maximum absolute atomic E-state index is 11.1. The zero-order valence-corrected chi connectivity index (χ0v) is 15.4. The Morgan fingerprint density at radius 2 is 1.93 bits per heavy atom. The quantitative estimate of drug-likeness (QED) is 0.680. The predicted octanol–water partition coefficient (Wildman–Crippen LogP) is 3.17. The van der Waals surface area contributed by atoms with Crippen LogP contribution >= 0.6 is 12.2 Å². The molecule has 0 amide bonds. The van der Waals surface area contributed by atoms with E-state index in [0.29, 0.717) is 5.11 Å². The van der Waals surface area contributed by atoms with Crippen LogP contribution in [0.5, 0.6) is 0 Å². The van der Waals surface area contributed by atoms with Crippen LogP contribution in [-0.4, -0.2) is 37.7 Å². The molecule has 1 aliphatic rings. The molecule has 4 rings (SSSR count). The third kappa shape index (κ3) is 3.06. The minimum absolute atomic E-state index is 0.0402. The monoisotopic (exact) mass is 378 g/mol. The lowest BCUT2D eigenvalue weighted by Gasteiger charge is -2.25. The van der Waals surface area contributed by atoms with Gasteiger partial charge in [-0.15, -0.1) is 0 Å². The van der Waals surface area contributed by atoms with Crippen LogP contribution in [0.3, 0.4) is 0 Å². The summed E-state index contributed by atoms with van der Waals surface area (Å²) < 4.78 is 2.05. The van der Waals surface area contributed by atoms with Crippen molar-refractivity contribution in [2.45, 2.75) is 12.1 Å². The number of aromatic nitrogens is 2. The van der Waals surface area contributed by atoms with Gasteiger partial charge in [0.1, 0.15) is 0 Å². The van der Waals surface area contributed by atoms with E-state index in [9.17, 15) is 4.79 Å². The fraction of sp³-hybridized carbons (Fsp3) is 0.150. The van der Waals surface area contributed by atoms with Crippen molar-refractivity contribution in [1.29, 1.82) is 0 Å². The summed E-state index contributed by atoms with van der Waals surface area (Å²) in [6.07, 6.45) is 3.74. The second-order valence-corrected chi connectivity index (χ2v) is 6.78. The number of nitrogens with one attached hydrogen (secondary N) is 1. The third-order valence-corrected chi connectivity index (χ3v) is 5.22. The highest BCUT2D eigenvalue weighted by Crippen LogP contribution is 2.38. The maximum Gasteiger partial charge on any atom is 0.335 e. The van der Waals surface area contributed by atoms with Gasteiger partial charge in [0, 0.05) is 30.8 Å². The highest BCUT2D eigenvalue weighted by molar-refractivity contribution is 7.80. The highest BCUT2D eigenvalue weighted by Gasteiger charge is 2.39. The molecule has 6 nitrogen and oxygen atoms in total. The van der Waals surface area contributed by atoms with Gasteiger partial charge in [-0.05, 0) is 60.7 Å². The number of hydrogen-bond donors (Lipinski definition) is 2. The van der Waals surface area contributed by atoms with Crippen LogP contribution in [-0.2, 0) is 0 Å². The van der Waals surface area contributed by atoms with E-state index in [1.807, 2.05) is 54.5 Å². The van der Waals surface area contributed by atoms with E-state index in [4.69, 9.17) is 17.3 Å². The molecule has 3 heterocycles. The van der Waals surface area contributed by atoms with Crippen molar-refractivity contribution in [1.82, 2.24) is 19.8 Å². The lowest BCUT2D eigenvalue weighted by molar-refractivity contribution is 0.0697. The lowest BCUT2D eigenvalue weighted by atomic mass is 10.0. The number of benzene rings is 1. The molecule has 0 bridgehead atoms. The van der Waals surface area contributed by atoms with E-state index in [1.165, 1.54) is 0 Å². The Morgan fingerprint density at radius 1 is 1.15 bits per heavy atom. The largest absolute Gasteiger partial charge is 0.478 e. The van der Waals surface area contributed by atoms with Gasteiger partial charge in [-0.1, -0.05) is 6.07 Å². The van der Waals surface area contributed by atoms with E-state index in [-0.39, 0.29) is 17.6 Å². The number of likely N-dealkylation sites (N-methyl/N-ethyl adjacent to an activating group) is 1. The summed E-state index contributed by atoms with van der Waals surface area (Å²) in [4.78, 5) is 17.6. The summed E-state index contributed by atoms with van der Waals surface area (Å²) >= 11 is 5.49. The number of hydrogen-bond acceptors (Lipinski definition) is 3. The second kappa shape index (κ2) is 6.85. The van der Waals surface area contributed by atoms with Crippen molar-refractivity contribution in [2.24, 2.45) is 0 Å². The Kier molecular flexibility index (Phi) is 4.37. The number of carbonyl (C=O) groups is 1. The second-order valence-electron chi connectivity index (χ2n) is 6.39. The summed E-state index contributed by atoms with van der Waals surface area (Å²) in [6, 6.07) is 16.6. The standard InChI is InChI=1S/C20H18N4O2S/c1-23-18(17(22-20(23)27)15-5-2-3-11-21-15)16-6-4-12-24(16)14-9-7-13(8-10-14)19(25)26/h2-12,17-18H,1H3,(H,22,27)(H,25,26)/t17-,18-/m0/s1. The molecule has 2 aromatic heterocycles. The molecule has 1 fully saturated rings. The summed E-state index contributed by atoms with van der Waals surface area (Å²) in [5.41, 5.74) is 3.12. The van der Waals surface area contributed by atoms with Crippen LogP contribution in [0.4, 0.5) is 0 Å². The minimum atomic E-state index is -0.936. The molecule has 1 aliphatic heterocycles. The van der Waals surface area contributed by atoms with Crippen molar-refractivity contribution >= 4 is 23.3 Å². The van der Waals surface area contributed by atoms with Crippen LogP contribution in [0.1, 0.15) is 33.8 Å². The van der Waals surface area contributed by atoms with Crippen molar-refractivity contribution in [3.63, 3.8) is 0 Å². The fourth-order valence-corrected chi connectivity index (χ4v) is 3.70. The topological polar surface area (TPSA) is 70.4 Å². The van der Waals surface area contributed by atoms with Gasteiger partial charge in [0.15, 0.2) is 5.11 Å². The minimum Gasteiger partial charge on any atom is -0.478 e. The van der Waals surface area contributed by atoms with Crippen LogP contribution in [0.15, 0.2) is 67.0 Å². The SMILES string of the molecule is CN1C(=S)N[C@@H](c2ccccn2)[C@@H]1c1cccn1-c1ccc(C(=O)O)cc1. The average molecular weight is 378 g/mol. The van der Waals surface area contributed by atoms with E-state index in [1.54, 1.807) is 18.3 Å². The van der Waals surface area contributed by atoms with Crippen LogP contribution in [0.2, 0.25) is 0 Å². The highest BCUT2D eigenvalue weighted by atomic mass is 32.1. The number of carboxylic acids is 1. The average Bonchev–Trinajstić information content (AvgIpc) is 3.27. The molecule has 27 heavy (non-hydrogen) atoms. The van der Waals surface area contributed by atoms with Gasteiger partial charge in [0.25, 0.3) is 0 Å². The molecular formula is C20H18N4O2S. The Balaban J connectivity index is 1.75. The molecule has 0 saturated carbocycles. The van der Waals surface area contributed by atoms with E-state index in [2.05, 4.69) is 20.9 Å². The summed E-state index contributed by atoms with van der Waals surface area (Å²) in [7, 11) is 1.97. The fourth-order valence-electron chi connectivity index (χ4n) is 3.46. The Hall–Kier alpha value is -3.19.